The fourth-order valence-electron chi connectivity index (χ4n) is 3.05. The molecule has 2 aliphatic rings. The van der Waals surface area contributed by atoms with Crippen LogP contribution in [0.2, 0.25) is 0 Å². The standard InChI is InChI=1S/C14H19N3O/c1-2-18-12-8-14(9-12)10-16-13(15)17(14)11-6-4-3-5-7-11/h3-7,12H,2,8-10H2,1H3,(H2,15,16). The van der Waals surface area contributed by atoms with Crippen molar-refractivity contribution in [3.8, 4) is 0 Å². The molecular weight excluding hydrogens is 226 g/mol. The summed E-state index contributed by atoms with van der Waals surface area (Å²) in [6.07, 6.45) is 2.39. The molecule has 1 heterocycles. The van der Waals surface area contributed by atoms with Gasteiger partial charge >= 0.3 is 0 Å². The minimum Gasteiger partial charge on any atom is -0.378 e. The Morgan fingerprint density at radius 3 is 2.78 bits per heavy atom. The maximum atomic E-state index is 6.05. The highest BCUT2D eigenvalue weighted by Crippen LogP contribution is 2.44. The van der Waals surface area contributed by atoms with Gasteiger partial charge in [0.2, 0.25) is 0 Å². The molecule has 0 radical (unpaired) electrons. The topological polar surface area (TPSA) is 50.9 Å². The van der Waals surface area contributed by atoms with Crippen LogP contribution in [0.25, 0.3) is 0 Å². The Labute approximate surface area is 107 Å². The molecule has 1 saturated carbocycles. The Morgan fingerprint density at radius 2 is 2.11 bits per heavy atom. The number of aliphatic imine (C=N–C) groups is 1. The number of guanidine groups is 1. The minimum absolute atomic E-state index is 0.0608. The molecule has 0 amide bonds. The third-order valence-electron chi connectivity index (χ3n) is 3.87. The van der Waals surface area contributed by atoms with Crippen molar-refractivity contribution < 1.29 is 4.74 Å². The van der Waals surface area contributed by atoms with E-state index in [0.29, 0.717) is 12.1 Å². The number of rotatable bonds is 3. The van der Waals surface area contributed by atoms with Crippen molar-refractivity contribution in [3.05, 3.63) is 30.3 Å². The van der Waals surface area contributed by atoms with Crippen molar-refractivity contribution in [2.75, 3.05) is 18.1 Å². The third-order valence-corrected chi connectivity index (χ3v) is 3.87. The molecule has 0 aromatic heterocycles. The summed E-state index contributed by atoms with van der Waals surface area (Å²) in [5.41, 5.74) is 7.24. The zero-order chi connectivity index (χ0) is 12.6. The molecule has 96 valence electrons. The van der Waals surface area contributed by atoms with E-state index in [1.54, 1.807) is 0 Å². The molecule has 0 atom stereocenters. The van der Waals surface area contributed by atoms with Gasteiger partial charge in [0.05, 0.1) is 18.2 Å². The second-order valence-corrected chi connectivity index (χ2v) is 5.06. The van der Waals surface area contributed by atoms with Gasteiger partial charge in [0.1, 0.15) is 0 Å². The van der Waals surface area contributed by atoms with Crippen LogP contribution in [0.1, 0.15) is 19.8 Å². The fraction of sp³-hybridized carbons (Fsp3) is 0.500. The molecule has 0 bridgehead atoms. The van der Waals surface area contributed by atoms with Crippen LogP contribution < -0.4 is 10.6 Å². The van der Waals surface area contributed by atoms with Gasteiger partial charge in [-0.3, -0.25) is 4.99 Å². The van der Waals surface area contributed by atoms with Gasteiger partial charge < -0.3 is 15.4 Å². The third kappa shape index (κ3) is 1.68. The van der Waals surface area contributed by atoms with E-state index in [2.05, 4.69) is 22.0 Å². The van der Waals surface area contributed by atoms with Crippen LogP contribution in [0.3, 0.4) is 0 Å². The van der Waals surface area contributed by atoms with Crippen molar-refractivity contribution in [2.24, 2.45) is 10.7 Å². The first-order valence-corrected chi connectivity index (χ1v) is 6.52. The number of benzene rings is 1. The van der Waals surface area contributed by atoms with Gasteiger partial charge in [-0.2, -0.15) is 0 Å². The summed E-state index contributed by atoms with van der Waals surface area (Å²) in [6, 6.07) is 10.3. The Kier molecular flexibility index (Phi) is 2.74. The largest absolute Gasteiger partial charge is 0.378 e. The summed E-state index contributed by atoms with van der Waals surface area (Å²) >= 11 is 0. The van der Waals surface area contributed by atoms with Crippen molar-refractivity contribution in [3.63, 3.8) is 0 Å². The van der Waals surface area contributed by atoms with E-state index in [-0.39, 0.29) is 5.54 Å². The van der Waals surface area contributed by atoms with Gasteiger partial charge in [-0.05, 0) is 31.9 Å². The molecule has 1 aliphatic heterocycles. The van der Waals surface area contributed by atoms with E-state index in [0.717, 1.165) is 31.7 Å². The predicted octanol–water partition coefficient (Wildman–Crippen LogP) is 1.76. The minimum atomic E-state index is 0.0608. The molecule has 3 rings (SSSR count). The lowest BCUT2D eigenvalue weighted by molar-refractivity contribution is -0.0306. The highest BCUT2D eigenvalue weighted by atomic mass is 16.5. The lowest BCUT2D eigenvalue weighted by Gasteiger charge is -2.50. The number of hydrogen-bond donors (Lipinski definition) is 1. The lowest BCUT2D eigenvalue weighted by Crippen LogP contribution is -2.62. The number of anilines is 1. The Morgan fingerprint density at radius 1 is 1.39 bits per heavy atom. The first kappa shape index (κ1) is 11.5. The Hall–Kier alpha value is -1.55. The molecule has 4 heteroatoms. The number of hydrogen-bond acceptors (Lipinski definition) is 4. The van der Waals surface area contributed by atoms with Crippen LogP contribution in [-0.2, 0) is 4.74 Å². The van der Waals surface area contributed by atoms with Crippen LogP contribution in [-0.4, -0.2) is 30.8 Å². The molecule has 1 aliphatic carbocycles. The van der Waals surface area contributed by atoms with Gasteiger partial charge in [0, 0.05) is 12.3 Å². The summed E-state index contributed by atoms with van der Waals surface area (Å²) in [5, 5.41) is 0. The summed E-state index contributed by atoms with van der Waals surface area (Å²) in [6.45, 7) is 3.61. The molecule has 1 aromatic rings. The van der Waals surface area contributed by atoms with E-state index >= 15 is 0 Å². The highest BCUT2D eigenvalue weighted by molar-refractivity contribution is 5.98. The monoisotopic (exact) mass is 245 g/mol. The first-order valence-electron chi connectivity index (χ1n) is 6.52. The van der Waals surface area contributed by atoms with E-state index in [4.69, 9.17) is 10.5 Å². The fourth-order valence-corrected chi connectivity index (χ4v) is 3.05. The second-order valence-electron chi connectivity index (χ2n) is 5.06. The van der Waals surface area contributed by atoms with E-state index in [1.165, 1.54) is 0 Å². The quantitative estimate of drug-likeness (QED) is 0.882. The number of nitrogens with two attached hydrogens (primary N) is 1. The SMILES string of the molecule is CCOC1CC2(CN=C(N)N2c2ccccc2)C1. The predicted molar refractivity (Wildman–Crippen MR) is 72.8 cm³/mol. The van der Waals surface area contributed by atoms with Gasteiger partial charge in [-0.1, -0.05) is 18.2 Å². The Bertz CT molecular complexity index is 451. The van der Waals surface area contributed by atoms with Crippen LogP contribution in [0, 0.1) is 0 Å². The maximum Gasteiger partial charge on any atom is 0.196 e. The van der Waals surface area contributed by atoms with Crippen LogP contribution in [0.4, 0.5) is 5.69 Å². The number of nitrogens with zero attached hydrogens (tertiary/aromatic N) is 2. The zero-order valence-electron chi connectivity index (χ0n) is 10.7. The second kappa shape index (κ2) is 4.28. The van der Waals surface area contributed by atoms with Crippen molar-refractivity contribution >= 4 is 11.6 Å². The molecule has 1 aromatic carbocycles. The number of ether oxygens (including phenoxy) is 1. The van der Waals surface area contributed by atoms with Crippen molar-refractivity contribution in [1.82, 2.24) is 0 Å². The van der Waals surface area contributed by atoms with E-state index < -0.39 is 0 Å². The first-order chi connectivity index (χ1) is 8.75. The normalized spacial score (nSPS) is 30.4. The summed E-state index contributed by atoms with van der Waals surface area (Å²) in [4.78, 5) is 6.61. The number of para-hydroxylation sites is 1. The lowest BCUT2D eigenvalue weighted by atomic mass is 9.73. The summed E-state index contributed by atoms with van der Waals surface area (Å²) in [5.74, 6) is 0.635. The average Bonchev–Trinajstić information content (AvgIpc) is 2.68. The molecular formula is C14H19N3O. The van der Waals surface area contributed by atoms with Crippen LogP contribution >= 0.6 is 0 Å². The maximum absolute atomic E-state index is 6.05. The van der Waals surface area contributed by atoms with Gasteiger partial charge in [0.15, 0.2) is 5.96 Å². The van der Waals surface area contributed by atoms with Crippen LogP contribution in [0.15, 0.2) is 35.3 Å². The Balaban J connectivity index is 1.81. The van der Waals surface area contributed by atoms with Crippen molar-refractivity contribution in [1.29, 1.82) is 0 Å². The molecule has 0 saturated heterocycles. The van der Waals surface area contributed by atoms with Gasteiger partial charge in [0.25, 0.3) is 0 Å². The van der Waals surface area contributed by atoms with Crippen molar-refractivity contribution in [2.45, 2.75) is 31.4 Å². The molecule has 2 N–H and O–H groups in total. The summed E-state index contributed by atoms with van der Waals surface area (Å²) < 4.78 is 5.67. The molecule has 1 fully saturated rings. The van der Waals surface area contributed by atoms with Gasteiger partial charge in [-0.15, -0.1) is 0 Å². The molecule has 0 unspecified atom stereocenters. The summed E-state index contributed by atoms with van der Waals surface area (Å²) in [7, 11) is 0. The van der Waals surface area contributed by atoms with Crippen LogP contribution in [0.5, 0.6) is 0 Å². The van der Waals surface area contributed by atoms with E-state index in [9.17, 15) is 0 Å². The molecule has 1 spiro atoms. The molecule has 4 nitrogen and oxygen atoms in total. The van der Waals surface area contributed by atoms with Gasteiger partial charge in [-0.25, -0.2) is 0 Å². The molecule has 18 heavy (non-hydrogen) atoms. The van der Waals surface area contributed by atoms with E-state index in [1.807, 2.05) is 25.1 Å². The highest BCUT2D eigenvalue weighted by Gasteiger charge is 2.53. The zero-order valence-corrected chi connectivity index (χ0v) is 10.7. The average molecular weight is 245 g/mol. The smallest absolute Gasteiger partial charge is 0.196 e.